The summed E-state index contributed by atoms with van der Waals surface area (Å²) in [6.07, 6.45) is 0. The van der Waals surface area contributed by atoms with Gasteiger partial charge in [0.25, 0.3) is 0 Å². The van der Waals surface area contributed by atoms with Gasteiger partial charge in [0.15, 0.2) is 11.2 Å². The van der Waals surface area contributed by atoms with Crippen molar-refractivity contribution in [1.29, 1.82) is 0 Å². The van der Waals surface area contributed by atoms with Crippen molar-refractivity contribution in [3.05, 3.63) is 51.0 Å². The Labute approximate surface area is 122 Å². The van der Waals surface area contributed by atoms with E-state index in [2.05, 4.69) is 0 Å². The number of thioether (sulfide) groups is 1. The Morgan fingerprint density at radius 2 is 2.00 bits per heavy atom. The second-order valence-electron chi connectivity index (χ2n) is 4.14. The van der Waals surface area contributed by atoms with Crippen molar-refractivity contribution < 1.29 is 14.3 Å². The summed E-state index contributed by atoms with van der Waals surface area (Å²) in [4.78, 5) is 23.5. The maximum atomic E-state index is 13.2. The van der Waals surface area contributed by atoms with Crippen molar-refractivity contribution in [3.8, 4) is 0 Å². The molecule has 0 aliphatic rings. The zero-order valence-corrected chi connectivity index (χ0v) is 12.4. The Bertz CT molecular complexity index is 774. The molecule has 0 aliphatic heterocycles. The SMILES string of the molecule is CC(=O)/C(Sc1cc(=O)c2ccc(F)cc2s1)=C(\C)O. The van der Waals surface area contributed by atoms with E-state index in [1.807, 2.05) is 0 Å². The predicted octanol–water partition coefficient (Wildman–Crippen LogP) is 3.87. The number of aliphatic hydroxyl groups is 1. The van der Waals surface area contributed by atoms with Gasteiger partial charge in [-0.1, -0.05) is 11.8 Å². The molecule has 0 unspecified atom stereocenters. The fourth-order valence-corrected chi connectivity index (χ4v) is 3.84. The van der Waals surface area contributed by atoms with Gasteiger partial charge < -0.3 is 5.11 Å². The Kier molecular flexibility index (Phi) is 4.25. The van der Waals surface area contributed by atoms with Crippen LogP contribution in [0.1, 0.15) is 13.8 Å². The lowest BCUT2D eigenvalue weighted by atomic mass is 10.2. The summed E-state index contributed by atoms with van der Waals surface area (Å²) in [7, 11) is 0. The summed E-state index contributed by atoms with van der Waals surface area (Å²) >= 11 is 2.22. The lowest BCUT2D eigenvalue weighted by molar-refractivity contribution is -0.113. The maximum absolute atomic E-state index is 13.2. The van der Waals surface area contributed by atoms with Gasteiger partial charge in [-0.25, -0.2) is 4.39 Å². The third-order valence-corrected chi connectivity index (χ3v) is 5.00. The van der Waals surface area contributed by atoms with Crippen LogP contribution in [-0.4, -0.2) is 10.9 Å². The molecule has 0 spiro atoms. The molecule has 1 aromatic heterocycles. The molecule has 20 heavy (non-hydrogen) atoms. The average molecular weight is 310 g/mol. The van der Waals surface area contributed by atoms with E-state index in [0.29, 0.717) is 14.3 Å². The van der Waals surface area contributed by atoms with Crippen molar-refractivity contribution in [2.24, 2.45) is 0 Å². The highest BCUT2D eigenvalue weighted by atomic mass is 32.2. The molecule has 2 aromatic rings. The molecule has 0 amide bonds. The zero-order chi connectivity index (χ0) is 14.9. The molecule has 3 nitrogen and oxygen atoms in total. The Morgan fingerprint density at radius 3 is 2.60 bits per heavy atom. The van der Waals surface area contributed by atoms with Gasteiger partial charge in [0.1, 0.15) is 11.6 Å². The number of hydrogen-bond donors (Lipinski definition) is 1. The van der Waals surface area contributed by atoms with E-state index in [1.54, 1.807) is 0 Å². The average Bonchev–Trinajstić information content (AvgIpc) is 2.34. The summed E-state index contributed by atoms with van der Waals surface area (Å²) in [6.45, 7) is 2.75. The number of carbonyl (C=O) groups excluding carboxylic acids is 1. The summed E-state index contributed by atoms with van der Waals surface area (Å²) < 4.78 is 14.3. The van der Waals surface area contributed by atoms with Gasteiger partial charge in [-0.3, -0.25) is 9.59 Å². The molecule has 0 radical (unpaired) electrons. The number of allylic oxidation sites excluding steroid dienone is 2. The topological polar surface area (TPSA) is 54.4 Å². The minimum absolute atomic E-state index is 0.0958. The number of ketones is 1. The number of Topliss-reactive ketones (excluding diaryl/α,β-unsaturated/α-hetero) is 1. The highest BCUT2D eigenvalue weighted by molar-refractivity contribution is 8.05. The lowest BCUT2D eigenvalue weighted by Gasteiger charge is -2.05. The van der Waals surface area contributed by atoms with Crippen LogP contribution in [0.15, 0.2) is 43.9 Å². The van der Waals surface area contributed by atoms with E-state index in [-0.39, 0.29) is 21.9 Å². The standard InChI is InChI=1S/C14H11FO3S2/c1-7(16)14(8(2)17)20-13-6-11(18)10-4-3-9(15)5-12(10)19-13/h3-6,16H,1-2H3/b14-7-. The zero-order valence-electron chi connectivity index (χ0n) is 10.8. The Morgan fingerprint density at radius 1 is 1.30 bits per heavy atom. The van der Waals surface area contributed by atoms with E-state index in [4.69, 9.17) is 0 Å². The monoisotopic (exact) mass is 310 g/mol. The minimum atomic E-state index is -0.420. The number of carbonyl (C=O) groups is 1. The minimum Gasteiger partial charge on any atom is -0.511 e. The van der Waals surface area contributed by atoms with Crippen molar-refractivity contribution in [1.82, 2.24) is 0 Å². The van der Waals surface area contributed by atoms with Crippen LogP contribution in [0.2, 0.25) is 0 Å². The first-order chi connectivity index (χ1) is 9.38. The van der Waals surface area contributed by atoms with Crippen molar-refractivity contribution in [2.75, 3.05) is 0 Å². The first-order valence-electron chi connectivity index (χ1n) is 5.70. The number of rotatable bonds is 3. The normalized spacial score (nSPS) is 12.3. The van der Waals surface area contributed by atoms with E-state index >= 15 is 0 Å². The molecular formula is C14H11FO3S2. The number of fused-ring (bicyclic) bond motifs is 1. The van der Waals surface area contributed by atoms with E-state index in [0.717, 1.165) is 11.8 Å². The third-order valence-electron chi connectivity index (χ3n) is 2.52. The highest BCUT2D eigenvalue weighted by Crippen LogP contribution is 2.34. The first kappa shape index (κ1) is 14.7. The van der Waals surface area contributed by atoms with Crippen LogP contribution in [0, 0.1) is 5.82 Å². The number of halogens is 1. The van der Waals surface area contributed by atoms with E-state index < -0.39 is 5.82 Å². The van der Waals surface area contributed by atoms with Gasteiger partial charge in [-0.15, -0.1) is 11.3 Å². The molecule has 2 rings (SSSR count). The largest absolute Gasteiger partial charge is 0.511 e. The lowest BCUT2D eigenvalue weighted by Crippen LogP contribution is -2.00. The van der Waals surface area contributed by atoms with Gasteiger partial charge in [0.2, 0.25) is 0 Å². The first-order valence-corrected chi connectivity index (χ1v) is 7.34. The van der Waals surface area contributed by atoms with Crippen LogP contribution in [0.3, 0.4) is 0 Å². The Hall–Kier alpha value is -1.66. The number of benzene rings is 1. The number of hydrogen-bond acceptors (Lipinski definition) is 5. The molecular weight excluding hydrogens is 299 g/mol. The number of aliphatic hydroxyl groups excluding tert-OH is 1. The van der Waals surface area contributed by atoms with Crippen molar-refractivity contribution in [3.63, 3.8) is 0 Å². The molecule has 0 fully saturated rings. The van der Waals surface area contributed by atoms with Gasteiger partial charge >= 0.3 is 0 Å². The molecule has 0 saturated carbocycles. The van der Waals surface area contributed by atoms with Crippen molar-refractivity contribution in [2.45, 2.75) is 18.1 Å². The van der Waals surface area contributed by atoms with Crippen LogP contribution in [0.4, 0.5) is 4.39 Å². The maximum Gasteiger partial charge on any atom is 0.189 e. The van der Waals surface area contributed by atoms with Crippen LogP contribution in [0.5, 0.6) is 0 Å². The second kappa shape index (κ2) is 5.76. The van der Waals surface area contributed by atoms with Crippen LogP contribution >= 0.6 is 23.1 Å². The second-order valence-corrected chi connectivity index (χ2v) is 6.54. The molecule has 0 atom stereocenters. The fourth-order valence-electron chi connectivity index (χ4n) is 1.66. The van der Waals surface area contributed by atoms with E-state index in [1.165, 1.54) is 49.4 Å². The van der Waals surface area contributed by atoms with Crippen LogP contribution < -0.4 is 5.43 Å². The molecule has 0 bridgehead atoms. The van der Waals surface area contributed by atoms with Crippen LogP contribution in [0.25, 0.3) is 10.1 Å². The molecule has 6 heteroatoms. The molecule has 1 heterocycles. The van der Waals surface area contributed by atoms with Gasteiger partial charge in [-0.05, 0) is 32.0 Å². The summed E-state index contributed by atoms with van der Waals surface area (Å²) in [6, 6.07) is 5.36. The summed E-state index contributed by atoms with van der Waals surface area (Å²) in [5.74, 6) is -0.800. The summed E-state index contributed by atoms with van der Waals surface area (Å²) in [5, 5.41) is 9.91. The highest BCUT2D eigenvalue weighted by Gasteiger charge is 2.13. The van der Waals surface area contributed by atoms with E-state index in [9.17, 15) is 19.1 Å². The Balaban J connectivity index is 2.54. The predicted molar refractivity (Wildman–Crippen MR) is 79.9 cm³/mol. The smallest absolute Gasteiger partial charge is 0.189 e. The molecule has 1 N–H and O–H groups in total. The summed E-state index contributed by atoms with van der Waals surface area (Å²) in [5.41, 5.74) is -0.236. The molecule has 104 valence electrons. The van der Waals surface area contributed by atoms with Gasteiger partial charge in [0, 0.05) is 16.2 Å². The fraction of sp³-hybridized carbons (Fsp3) is 0.143. The molecule has 0 saturated heterocycles. The molecule has 0 aliphatic carbocycles. The van der Waals surface area contributed by atoms with Gasteiger partial charge in [-0.2, -0.15) is 0 Å². The quantitative estimate of drug-likeness (QED) is 0.531. The van der Waals surface area contributed by atoms with Crippen molar-refractivity contribution >= 4 is 39.0 Å². The van der Waals surface area contributed by atoms with Gasteiger partial charge in [0.05, 0.1) is 9.11 Å². The third kappa shape index (κ3) is 3.08. The van der Waals surface area contributed by atoms with Crippen LogP contribution in [-0.2, 0) is 4.79 Å². The molecule has 1 aromatic carbocycles.